The average molecular weight is 353 g/mol. The van der Waals surface area contributed by atoms with E-state index >= 15 is 0 Å². The Bertz CT molecular complexity index is 637. The molecule has 2 aromatic rings. The molecule has 1 aliphatic rings. The molecule has 0 bridgehead atoms. The first kappa shape index (κ1) is 14.5. The van der Waals surface area contributed by atoms with Crippen LogP contribution in [0.5, 0.6) is 5.75 Å². The molecule has 3 nitrogen and oxygen atoms in total. The molecule has 0 radical (unpaired) electrons. The third-order valence-corrected chi connectivity index (χ3v) is 4.23. The van der Waals surface area contributed by atoms with E-state index in [1.807, 2.05) is 12.1 Å². The molecule has 1 heterocycles. The van der Waals surface area contributed by atoms with Gasteiger partial charge in [-0.25, -0.2) is 4.39 Å². The monoisotopic (exact) mass is 352 g/mol. The van der Waals surface area contributed by atoms with Gasteiger partial charge in [0.25, 0.3) is 0 Å². The van der Waals surface area contributed by atoms with Crippen molar-refractivity contribution in [1.82, 2.24) is 0 Å². The Labute approximate surface area is 130 Å². The van der Waals surface area contributed by atoms with E-state index in [0.29, 0.717) is 19.0 Å². The number of rotatable bonds is 3. The third kappa shape index (κ3) is 2.95. The standard InChI is InChI=1S/C16H14BrFO3/c1-19-12-8-13(10-2-4-11(18)5-3-10)15(17)14(9-12)16-20-6-7-21-16/h2-5,8-9,16H,6-7H2,1H3. The molecule has 3 rings (SSSR count). The van der Waals surface area contributed by atoms with Crippen LogP contribution in [-0.4, -0.2) is 20.3 Å². The maximum atomic E-state index is 13.1. The van der Waals surface area contributed by atoms with Crippen molar-refractivity contribution in [2.75, 3.05) is 20.3 Å². The summed E-state index contributed by atoms with van der Waals surface area (Å²) in [6.07, 6.45) is -0.409. The summed E-state index contributed by atoms with van der Waals surface area (Å²) in [5.41, 5.74) is 2.66. The number of benzene rings is 2. The van der Waals surface area contributed by atoms with Crippen LogP contribution >= 0.6 is 15.9 Å². The fourth-order valence-electron chi connectivity index (χ4n) is 2.29. The zero-order chi connectivity index (χ0) is 14.8. The molecular formula is C16H14BrFO3. The first-order valence-corrected chi connectivity index (χ1v) is 7.35. The van der Waals surface area contributed by atoms with Crippen LogP contribution in [0.15, 0.2) is 40.9 Å². The van der Waals surface area contributed by atoms with E-state index in [4.69, 9.17) is 14.2 Å². The molecule has 0 saturated carbocycles. The van der Waals surface area contributed by atoms with E-state index in [1.165, 1.54) is 12.1 Å². The second-order valence-electron chi connectivity index (χ2n) is 4.66. The van der Waals surface area contributed by atoms with Crippen LogP contribution in [-0.2, 0) is 9.47 Å². The summed E-state index contributed by atoms with van der Waals surface area (Å²) in [5, 5.41) is 0. The van der Waals surface area contributed by atoms with Crippen molar-refractivity contribution in [3.05, 3.63) is 52.3 Å². The van der Waals surface area contributed by atoms with Gasteiger partial charge in [-0.15, -0.1) is 0 Å². The third-order valence-electron chi connectivity index (χ3n) is 3.34. The maximum absolute atomic E-state index is 13.1. The second-order valence-corrected chi connectivity index (χ2v) is 5.45. The van der Waals surface area contributed by atoms with Gasteiger partial charge in [-0.2, -0.15) is 0 Å². The second kappa shape index (κ2) is 6.13. The molecule has 21 heavy (non-hydrogen) atoms. The Kier molecular flexibility index (Phi) is 4.24. The molecule has 110 valence electrons. The van der Waals surface area contributed by atoms with Gasteiger partial charge in [0.05, 0.1) is 20.3 Å². The molecule has 0 aliphatic carbocycles. The molecule has 0 atom stereocenters. The van der Waals surface area contributed by atoms with E-state index in [9.17, 15) is 4.39 Å². The van der Waals surface area contributed by atoms with Crippen molar-refractivity contribution < 1.29 is 18.6 Å². The van der Waals surface area contributed by atoms with Gasteiger partial charge >= 0.3 is 0 Å². The highest BCUT2D eigenvalue weighted by atomic mass is 79.9. The highest BCUT2D eigenvalue weighted by Gasteiger charge is 2.23. The molecule has 0 spiro atoms. The highest BCUT2D eigenvalue weighted by molar-refractivity contribution is 9.10. The first-order chi connectivity index (χ1) is 10.2. The van der Waals surface area contributed by atoms with Crippen LogP contribution in [0, 0.1) is 5.82 Å². The summed E-state index contributed by atoms with van der Waals surface area (Å²) in [5.74, 6) is 0.437. The summed E-state index contributed by atoms with van der Waals surface area (Å²) in [6, 6.07) is 10.1. The van der Waals surface area contributed by atoms with Gasteiger partial charge in [-0.3, -0.25) is 0 Å². The Balaban J connectivity index is 2.10. The lowest BCUT2D eigenvalue weighted by molar-refractivity contribution is -0.0447. The summed E-state index contributed by atoms with van der Waals surface area (Å²) >= 11 is 3.60. The van der Waals surface area contributed by atoms with Gasteiger partial charge in [0, 0.05) is 15.6 Å². The molecule has 0 amide bonds. The van der Waals surface area contributed by atoms with Crippen LogP contribution in [0.2, 0.25) is 0 Å². The van der Waals surface area contributed by atoms with Crippen LogP contribution < -0.4 is 4.74 Å². The first-order valence-electron chi connectivity index (χ1n) is 6.55. The van der Waals surface area contributed by atoms with E-state index in [2.05, 4.69) is 15.9 Å². The molecule has 1 fully saturated rings. The number of methoxy groups -OCH3 is 1. The van der Waals surface area contributed by atoms with Crippen LogP contribution in [0.4, 0.5) is 4.39 Å². The van der Waals surface area contributed by atoms with E-state index < -0.39 is 6.29 Å². The molecule has 1 saturated heterocycles. The summed E-state index contributed by atoms with van der Waals surface area (Å²) < 4.78 is 30.4. The summed E-state index contributed by atoms with van der Waals surface area (Å²) in [7, 11) is 1.61. The maximum Gasteiger partial charge on any atom is 0.185 e. The molecule has 5 heteroatoms. The van der Waals surface area contributed by atoms with E-state index in [-0.39, 0.29) is 5.82 Å². The zero-order valence-corrected chi connectivity index (χ0v) is 13.0. The fourth-order valence-corrected chi connectivity index (χ4v) is 2.93. The summed E-state index contributed by atoms with van der Waals surface area (Å²) in [4.78, 5) is 0. The van der Waals surface area contributed by atoms with Gasteiger partial charge in [-0.1, -0.05) is 12.1 Å². The minimum absolute atomic E-state index is 0.263. The molecule has 2 aromatic carbocycles. The smallest absolute Gasteiger partial charge is 0.185 e. The number of ether oxygens (including phenoxy) is 3. The van der Waals surface area contributed by atoms with Crippen molar-refractivity contribution in [3.63, 3.8) is 0 Å². The average Bonchev–Trinajstić information content (AvgIpc) is 3.03. The highest BCUT2D eigenvalue weighted by Crippen LogP contribution is 2.40. The van der Waals surface area contributed by atoms with Crippen LogP contribution in [0.3, 0.4) is 0 Å². The van der Waals surface area contributed by atoms with Crippen molar-refractivity contribution >= 4 is 15.9 Å². The number of hydrogen-bond acceptors (Lipinski definition) is 3. The largest absolute Gasteiger partial charge is 0.497 e. The normalized spacial score (nSPS) is 15.4. The van der Waals surface area contributed by atoms with Gasteiger partial charge in [0.15, 0.2) is 6.29 Å². The number of halogens is 2. The van der Waals surface area contributed by atoms with Crippen molar-refractivity contribution in [1.29, 1.82) is 0 Å². The Hall–Kier alpha value is -1.43. The van der Waals surface area contributed by atoms with Crippen molar-refractivity contribution in [2.24, 2.45) is 0 Å². The van der Waals surface area contributed by atoms with Gasteiger partial charge in [0.2, 0.25) is 0 Å². The quantitative estimate of drug-likeness (QED) is 0.823. The molecular weight excluding hydrogens is 339 g/mol. The topological polar surface area (TPSA) is 27.7 Å². The van der Waals surface area contributed by atoms with Gasteiger partial charge in [0.1, 0.15) is 11.6 Å². The zero-order valence-electron chi connectivity index (χ0n) is 11.4. The van der Waals surface area contributed by atoms with Gasteiger partial charge < -0.3 is 14.2 Å². The van der Waals surface area contributed by atoms with Crippen molar-refractivity contribution in [3.8, 4) is 16.9 Å². The fraction of sp³-hybridized carbons (Fsp3) is 0.250. The van der Waals surface area contributed by atoms with E-state index in [1.54, 1.807) is 19.2 Å². The predicted molar refractivity (Wildman–Crippen MR) is 80.7 cm³/mol. The van der Waals surface area contributed by atoms with Crippen LogP contribution in [0.25, 0.3) is 11.1 Å². The molecule has 1 aliphatic heterocycles. The van der Waals surface area contributed by atoms with E-state index in [0.717, 1.165) is 21.2 Å². The minimum atomic E-state index is -0.409. The molecule has 0 unspecified atom stereocenters. The Morgan fingerprint density at radius 1 is 1.14 bits per heavy atom. The lowest BCUT2D eigenvalue weighted by Crippen LogP contribution is -2.01. The Morgan fingerprint density at radius 2 is 1.81 bits per heavy atom. The Morgan fingerprint density at radius 3 is 2.43 bits per heavy atom. The van der Waals surface area contributed by atoms with Crippen LogP contribution in [0.1, 0.15) is 11.9 Å². The summed E-state index contributed by atoms with van der Waals surface area (Å²) in [6.45, 7) is 1.14. The predicted octanol–water partition coefficient (Wildman–Crippen LogP) is 4.31. The molecule has 0 aromatic heterocycles. The lowest BCUT2D eigenvalue weighted by Gasteiger charge is -2.16. The lowest BCUT2D eigenvalue weighted by atomic mass is 10.0. The molecule has 0 N–H and O–H groups in total. The van der Waals surface area contributed by atoms with Gasteiger partial charge in [-0.05, 0) is 45.8 Å². The minimum Gasteiger partial charge on any atom is -0.497 e. The SMILES string of the molecule is COc1cc(-c2ccc(F)cc2)c(Br)c(C2OCCO2)c1. The number of hydrogen-bond donors (Lipinski definition) is 0. The van der Waals surface area contributed by atoms with Crippen molar-refractivity contribution in [2.45, 2.75) is 6.29 Å².